The standard InChI is InChI=1S/C14H27NO4/c1-3-4-5-6-7-15-9-11(16)12(17)13-10(15)8-14(2,18)19-13/h10-13,16-18H,3-9H2,1-2H3/t10-,11-,12-,13+,14?/m1/s1. The smallest absolute Gasteiger partial charge is 0.164 e. The van der Waals surface area contributed by atoms with Crippen molar-refractivity contribution in [2.75, 3.05) is 13.1 Å². The van der Waals surface area contributed by atoms with Crippen molar-refractivity contribution >= 4 is 0 Å². The number of nitrogens with zero attached hydrogens (tertiary/aromatic N) is 1. The minimum absolute atomic E-state index is 0.00928. The van der Waals surface area contributed by atoms with Crippen molar-refractivity contribution in [1.29, 1.82) is 0 Å². The van der Waals surface area contributed by atoms with E-state index in [4.69, 9.17) is 4.74 Å². The molecular formula is C14H27NO4. The average Bonchev–Trinajstić information content (AvgIpc) is 2.67. The summed E-state index contributed by atoms with van der Waals surface area (Å²) in [6.07, 6.45) is 3.02. The van der Waals surface area contributed by atoms with Crippen LogP contribution in [0, 0.1) is 0 Å². The third-order valence-electron chi connectivity index (χ3n) is 4.28. The van der Waals surface area contributed by atoms with Gasteiger partial charge in [0, 0.05) is 19.0 Å². The zero-order valence-electron chi connectivity index (χ0n) is 12.0. The maximum absolute atomic E-state index is 10.0. The summed E-state index contributed by atoms with van der Waals surface area (Å²) >= 11 is 0. The van der Waals surface area contributed by atoms with Crippen LogP contribution in [0.1, 0.15) is 46.0 Å². The second-order valence-electron chi connectivity index (χ2n) is 6.14. The fourth-order valence-corrected chi connectivity index (χ4v) is 3.26. The maximum atomic E-state index is 10.0. The largest absolute Gasteiger partial charge is 0.389 e. The van der Waals surface area contributed by atoms with Crippen LogP contribution in [0.5, 0.6) is 0 Å². The van der Waals surface area contributed by atoms with Gasteiger partial charge in [-0.2, -0.15) is 0 Å². The number of likely N-dealkylation sites (tertiary alicyclic amines) is 1. The Labute approximate surface area is 115 Å². The fraction of sp³-hybridized carbons (Fsp3) is 1.00. The third-order valence-corrected chi connectivity index (χ3v) is 4.28. The van der Waals surface area contributed by atoms with Crippen molar-refractivity contribution < 1.29 is 20.1 Å². The summed E-state index contributed by atoms with van der Waals surface area (Å²) < 4.78 is 5.50. The molecule has 0 radical (unpaired) electrons. The van der Waals surface area contributed by atoms with Crippen LogP contribution < -0.4 is 0 Å². The molecule has 19 heavy (non-hydrogen) atoms. The highest BCUT2D eigenvalue weighted by Gasteiger charge is 2.52. The SMILES string of the molecule is CCCCCCN1C[C@@H](O)[C@@H](O)[C@H]2OC(C)(O)C[C@H]21. The minimum Gasteiger partial charge on any atom is -0.389 e. The highest BCUT2D eigenvalue weighted by molar-refractivity contribution is 5.01. The van der Waals surface area contributed by atoms with Crippen LogP contribution in [0.4, 0.5) is 0 Å². The first-order valence-corrected chi connectivity index (χ1v) is 7.45. The molecule has 5 heteroatoms. The molecular weight excluding hydrogens is 246 g/mol. The highest BCUT2D eigenvalue weighted by Crippen LogP contribution is 2.37. The molecule has 0 spiro atoms. The first-order chi connectivity index (χ1) is 8.94. The second kappa shape index (κ2) is 6.06. The van der Waals surface area contributed by atoms with E-state index in [1.165, 1.54) is 19.3 Å². The summed E-state index contributed by atoms with van der Waals surface area (Å²) in [5, 5.41) is 29.9. The number of unbranched alkanes of at least 4 members (excludes halogenated alkanes) is 3. The van der Waals surface area contributed by atoms with E-state index in [-0.39, 0.29) is 6.04 Å². The molecule has 0 amide bonds. The van der Waals surface area contributed by atoms with Gasteiger partial charge in [-0.3, -0.25) is 4.90 Å². The topological polar surface area (TPSA) is 73.2 Å². The molecule has 0 aromatic carbocycles. The molecule has 2 rings (SSSR count). The number of rotatable bonds is 5. The number of aliphatic hydroxyl groups excluding tert-OH is 2. The Balaban J connectivity index is 1.95. The lowest BCUT2D eigenvalue weighted by Gasteiger charge is -2.41. The van der Waals surface area contributed by atoms with E-state index in [0.29, 0.717) is 13.0 Å². The molecule has 0 saturated carbocycles. The predicted octanol–water partition coefficient (Wildman–Crippen LogP) is 0.470. The molecule has 2 aliphatic heterocycles. The van der Waals surface area contributed by atoms with Crippen molar-refractivity contribution in [3.63, 3.8) is 0 Å². The van der Waals surface area contributed by atoms with Crippen LogP contribution in [-0.4, -0.2) is 63.4 Å². The van der Waals surface area contributed by atoms with Gasteiger partial charge in [0.2, 0.25) is 0 Å². The van der Waals surface area contributed by atoms with Gasteiger partial charge < -0.3 is 20.1 Å². The van der Waals surface area contributed by atoms with Crippen molar-refractivity contribution in [2.45, 2.75) is 76.1 Å². The molecule has 0 aliphatic carbocycles. The summed E-state index contributed by atoms with van der Waals surface area (Å²) in [6, 6.07) is 0.00928. The highest BCUT2D eigenvalue weighted by atomic mass is 16.6. The summed E-state index contributed by atoms with van der Waals surface area (Å²) in [5.41, 5.74) is 0. The number of hydrogen-bond donors (Lipinski definition) is 3. The zero-order valence-corrected chi connectivity index (χ0v) is 12.0. The number of ether oxygens (including phenoxy) is 1. The van der Waals surface area contributed by atoms with Gasteiger partial charge >= 0.3 is 0 Å². The number of aliphatic hydroxyl groups is 3. The Kier molecular flexibility index (Phi) is 4.84. The van der Waals surface area contributed by atoms with E-state index in [9.17, 15) is 15.3 Å². The molecule has 0 bridgehead atoms. The van der Waals surface area contributed by atoms with Crippen LogP contribution in [0.3, 0.4) is 0 Å². The number of β-amino-alcohol motifs (C(OH)–C–C–N with tert-alkyl or cyclic N) is 1. The van der Waals surface area contributed by atoms with Crippen molar-refractivity contribution in [3.8, 4) is 0 Å². The molecule has 2 fully saturated rings. The van der Waals surface area contributed by atoms with E-state index in [1.807, 2.05) is 0 Å². The Morgan fingerprint density at radius 2 is 2.00 bits per heavy atom. The molecule has 2 saturated heterocycles. The Hall–Kier alpha value is -0.200. The minimum atomic E-state index is -1.19. The Morgan fingerprint density at radius 1 is 1.26 bits per heavy atom. The van der Waals surface area contributed by atoms with Crippen molar-refractivity contribution in [2.24, 2.45) is 0 Å². The summed E-state index contributed by atoms with van der Waals surface area (Å²) in [5.74, 6) is -1.19. The molecule has 0 aromatic heterocycles. The summed E-state index contributed by atoms with van der Waals surface area (Å²) in [6.45, 7) is 5.16. The number of piperidine rings is 1. The zero-order chi connectivity index (χ0) is 14.0. The fourth-order valence-electron chi connectivity index (χ4n) is 3.26. The lowest BCUT2D eigenvalue weighted by atomic mass is 9.92. The van der Waals surface area contributed by atoms with Gasteiger partial charge in [0.05, 0.1) is 6.10 Å². The van der Waals surface area contributed by atoms with Gasteiger partial charge in [0.1, 0.15) is 12.2 Å². The van der Waals surface area contributed by atoms with E-state index >= 15 is 0 Å². The van der Waals surface area contributed by atoms with E-state index in [0.717, 1.165) is 13.0 Å². The molecule has 0 aromatic rings. The van der Waals surface area contributed by atoms with Crippen LogP contribution in [0.2, 0.25) is 0 Å². The molecule has 2 aliphatic rings. The van der Waals surface area contributed by atoms with Gasteiger partial charge in [-0.25, -0.2) is 0 Å². The van der Waals surface area contributed by atoms with Crippen LogP contribution >= 0.6 is 0 Å². The lowest BCUT2D eigenvalue weighted by molar-refractivity contribution is -0.213. The quantitative estimate of drug-likeness (QED) is 0.635. The van der Waals surface area contributed by atoms with Crippen LogP contribution in [0.25, 0.3) is 0 Å². The first-order valence-electron chi connectivity index (χ1n) is 7.45. The maximum Gasteiger partial charge on any atom is 0.164 e. The third kappa shape index (κ3) is 3.47. The van der Waals surface area contributed by atoms with Gasteiger partial charge in [-0.05, 0) is 19.9 Å². The molecule has 112 valence electrons. The molecule has 2 heterocycles. The van der Waals surface area contributed by atoms with E-state index in [2.05, 4.69) is 11.8 Å². The average molecular weight is 273 g/mol. The van der Waals surface area contributed by atoms with Crippen LogP contribution in [-0.2, 0) is 4.74 Å². The van der Waals surface area contributed by atoms with E-state index in [1.54, 1.807) is 6.92 Å². The normalized spacial score (nSPS) is 43.4. The first kappa shape index (κ1) is 15.2. The van der Waals surface area contributed by atoms with E-state index < -0.39 is 24.1 Å². The monoisotopic (exact) mass is 273 g/mol. The van der Waals surface area contributed by atoms with Gasteiger partial charge in [-0.1, -0.05) is 26.2 Å². The molecule has 5 nitrogen and oxygen atoms in total. The summed E-state index contributed by atoms with van der Waals surface area (Å²) in [4.78, 5) is 2.17. The van der Waals surface area contributed by atoms with Crippen molar-refractivity contribution in [1.82, 2.24) is 4.90 Å². The van der Waals surface area contributed by atoms with Crippen LogP contribution in [0.15, 0.2) is 0 Å². The second-order valence-corrected chi connectivity index (χ2v) is 6.14. The number of fused-ring (bicyclic) bond motifs is 1. The van der Waals surface area contributed by atoms with Gasteiger partial charge in [0.25, 0.3) is 0 Å². The summed E-state index contributed by atoms with van der Waals surface area (Å²) in [7, 11) is 0. The Morgan fingerprint density at radius 3 is 2.68 bits per heavy atom. The molecule has 1 unspecified atom stereocenters. The lowest BCUT2D eigenvalue weighted by Crippen LogP contribution is -2.59. The van der Waals surface area contributed by atoms with Gasteiger partial charge in [-0.15, -0.1) is 0 Å². The molecule has 3 N–H and O–H groups in total. The van der Waals surface area contributed by atoms with Crippen molar-refractivity contribution in [3.05, 3.63) is 0 Å². The predicted molar refractivity (Wildman–Crippen MR) is 71.6 cm³/mol. The number of hydrogen-bond acceptors (Lipinski definition) is 5. The van der Waals surface area contributed by atoms with Gasteiger partial charge in [0.15, 0.2) is 5.79 Å². The molecule has 5 atom stereocenters. The Bertz CT molecular complexity index is 297.